The second-order valence-corrected chi connectivity index (χ2v) is 21.0. The summed E-state index contributed by atoms with van der Waals surface area (Å²) in [7, 11) is 0. The monoisotopic (exact) mass is 1110 g/mol. The first kappa shape index (κ1) is 67.9. The molecule has 1 fully saturated rings. The Labute approximate surface area is 461 Å². The molecule has 0 spiro atoms. The van der Waals surface area contributed by atoms with Gasteiger partial charge in [-0.15, -0.1) is 0 Å². The Kier molecular flexibility index (Phi) is 29.7. The number of aliphatic imine (C=N–C) groups is 2. The van der Waals surface area contributed by atoms with E-state index >= 15 is 0 Å². The molecule has 19 N–H and O–H groups in total. The van der Waals surface area contributed by atoms with E-state index in [0.29, 0.717) is 57.2 Å². The summed E-state index contributed by atoms with van der Waals surface area (Å²) >= 11 is 0. The quantitative estimate of drug-likeness (QED) is 0.0212. The molecule has 1 heterocycles. The SMILES string of the molecule is CC(C)C[C@H](CC(=O)[C@H](CCCN=C(N)N)NC(=O)[C@@H](CC(=O)[C@H](CCCCN)NC(=O)[C@H](CC(=O)O)CC(=O)[C@@H](NC(=O)[C@H](C)NC(=O)[C@@H]1CCCN1C(=O)[C@@H](C)CCCN=C(N)N)[C@@H](C)O)Cc1ccc(O)cc1)C(N)=O. The summed E-state index contributed by atoms with van der Waals surface area (Å²) in [4.78, 5) is 145. The van der Waals surface area contributed by atoms with Gasteiger partial charge < -0.3 is 75.9 Å². The van der Waals surface area contributed by atoms with E-state index in [2.05, 4.69) is 31.3 Å². The van der Waals surface area contributed by atoms with E-state index < -0.39 is 132 Å². The maximum Gasteiger partial charge on any atom is 0.304 e. The highest BCUT2D eigenvalue weighted by molar-refractivity contribution is 5.99. The van der Waals surface area contributed by atoms with Crippen LogP contribution in [-0.4, -0.2) is 153 Å². The molecule has 0 aliphatic carbocycles. The van der Waals surface area contributed by atoms with Crippen molar-refractivity contribution >= 4 is 70.7 Å². The average molecular weight is 1110 g/mol. The smallest absolute Gasteiger partial charge is 0.304 e. The summed E-state index contributed by atoms with van der Waals surface area (Å²) in [6.07, 6.45) is -1.16. The molecule has 442 valence electrons. The number of nitrogens with zero attached hydrogens (tertiary/aromatic N) is 3. The van der Waals surface area contributed by atoms with Crippen LogP contribution in [-0.2, 0) is 54.4 Å². The van der Waals surface area contributed by atoms with Crippen molar-refractivity contribution in [3.63, 3.8) is 0 Å². The van der Waals surface area contributed by atoms with Crippen molar-refractivity contribution in [2.75, 3.05) is 26.2 Å². The van der Waals surface area contributed by atoms with Gasteiger partial charge in [0.05, 0.1) is 30.5 Å². The summed E-state index contributed by atoms with van der Waals surface area (Å²) in [5.41, 5.74) is 33.7. The number of hydrogen-bond donors (Lipinski definition) is 13. The van der Waals surface area contributed by atoms with Crippen LogP contribution in [0, 0.1) is 29.6 Å². The van der Waals surface area contributed by atoms with E-state index in [1.54, 1.807) is 6.92 Å². The third kappa shape index (κ3) is 25.0. The van der Waals surface area contributed by atoms with Crippen molar-refractivity contribution in [1.82, 2.24) is 26.2 Å². The lowest BCUT2D eigenvalue weighted by Crippen LogP contribution is -2.56. The molecule has 10 atom stereocenters. The molecule has 1 aliphatic heterocycles. The van der Waals surface area contributed by atoms with Gasteiger partial charge in [0.25, 0.3) is 0 Å². The van der Waals surface area contributed by atoms with Crippen molar-refractivity contribution in [3.05, 3.63) is 29.8 Å². The molecule has 1 saturated heterocycles. The number of carbonyl (C=O) groups excluding carboxylic acids is 9. The number of guanidine groups is 2. The van der Waals surface area contributed by atoms with Crippen LogP contribution in [0.2, 0.25) is 0 Å². The first-order valence-corrected chi connectivity index (χ1v) is 27.0. The van der Waals surface area contributed by atoms with Crippen molar-refractivity contribution < 1.29 is 63.3 Å². The number of carboxylic acids is 1. The maximum atomic E-state index is 14.5. The van der Waals surface area contributed by atoms with E-state index in [-0.39, 0.29) is 81.1 Å². The largest absolute Gasteiger partial charge is 0.508 e. The fraction of sp³-hybridized carbons (Fsp3) is 0.660. The Morgan fingerprint density at radius 2 is 1.19 bits per heavy atom. The third-order valence-corrected chi connectivity index (χ3v) is 13.6. The summed E-state index contributed by atoms with van der Waals surface area (Å²) in [5, 5.41) is 40.9. The minimum absolute atomic E-state index is 0.00949. The number of phenols is 1. The molecule has 6 amide bonds. The normalized spacial score (nSPS) is 16.6. The first-order valence-electron chi connectivity index (χ1n) is 27.0. The maximum absolute atomic E-state index is 14.5. The zero-order valence-corrected chi connectivity index (χ0v) is 46.3. The topological polar surface area (TPSA) is 464 Å². The number of aliphatic hydroxyl groups is 1. The Hall–Kier alpha value is -7.22. The number of aliphatic carboxylic acids is 1. The van der Waals surface area contributed by atoms with Crippen LogP contribution in [0.5, 0.6) is 5.75 Å². The Bertz CT molecular complexity index is 2290. The molecule has 0 bridgehead atoms. The highest BCUT2D eigenvalue weighted by Gasteiger charge is 2.39. The molecular weight excluding hydrogens is 1030 g/mol. The lowest BCUT2D eigenvalue weighted by Gasteiger charge is -2.28. The van der Waals surface area contributed by atoms with Crippen LogP contribution in [0.15, 0.2) is 34.3 Å². The molecule has 26 nitrogen and oxygen atoms in total. The van der Waals surface area contributed by atoms with Crippen molar-refractivity contribution in [3.8, 4) is 5.75 Å². The van der Waals surface area contributed by atoms with Gasteiger partial charge in [0.1, 0.15) is 23.9 Å². The number of aliphatic hydroxyl groups excluding tert-OH is 1. The Balaban J connectivity index is 2.37. The molecule has 1 aromatic rings. The van der Waals surface area contributed by atoms with Gasteiger partial charge in [-0.3, -0.25) is 57.9 Å². The summed E-state index contributed by atoms with van der Waals surface area (Å²) in [6.45, 7) is 8.92. The summed E-state index contributed by atoms with van der Waals surface area (Å²) in [6, 6.07) is -0.566. The van der Waals surface area contributed by atoms with Gasteiger partial charge in [-0.2, -0.15) is 0 Å². The molecular formula is C53H87N13O13. The standard InChI is InChI=1S/C53H87N13O13/c1-29(2)23-34(46(55)74)25-41(69)39(13-9-21-61-53(58)59)64-48(76)35(24-33-15-17-37(68)18-16-33)26-42(70)38(12-6-7-19-54)63-49(77)36(28-44(72)73)27-43(71)45(32(5)67)65-47(75)31(4)62-50(78)40-14-10-22-66(40)51(79)30(3)11-8-20-60-52(56)57/h15-18,29-32,34-36,38-40,45,67-68H,6-14,19-28,54H2,1-5H3,(H2,55,74)(H,62,78)(H,63,77)(H,64,76)(H,65,75)(H,72,73)(H4,56,57,60)(H4,58,59,61)/t30-,31-,32+,34+,35+,36-,38-,39-,40-,45-/m0/s1. The van der Waals surface area contributed by atoms with Crippen LogP contribution in [0.1, 0.15) is 130 Å². The first-order chi connectivity index (χ1) is 37.1. The van der Waals surface area contributed by atoms with Crippen LogP contribution in [0.25, 0.3) is 0 Å². The number of benzene rings is 1. The Morgan fingerprint density at radius 1 is 0.658 bits per heavy atom. The Morgan fingerprint density at radius 3 is 1.71 bits per heavy atom. The highest BCUT2D eigenvalue weighted by Crippen LogP contribution is 2.24. The molecule has 1 aliphatic rings. The number of aromatic hydroxyl groups is 1. The molecule has 0 unspecified atom stereocenters. The molecule has 0 aromatic heterocycles. The second kappa shape index (κ2) is 34.6. The summed E-state index contributed by atoms with van der Waals surface area (Å²) < 4.78 is 0. The lowest BCUT2D eigenvalue weighted by atomic mass is 9.87. The number of carboxylic acid groups (broad SMARTS) is 1. The average Bonchev–Trinajstić information content (AvgIpc) is 3.87. The molecule has 1 aromatic carbocycles. The van der Waals surface area contributed by atoms with Crippen LogP contribution in [0.3, 0.4) is 0 Å². The number of phenolic OH excluding ortho intramolecular Hbond substituents is 1. The van der Waals surface area contributed by atoms with Crippen molar-refractivity contribution in [1.29, 1.82) is 0 Å². The molecule has 26 heteroatoms. The number of Topliss-reactive ketones (excluding diaryl/α,β-unsaturated/α-hetero) is 3. The van der Waals surface area contributed by atoms with Gasteiger partial charge >= 0.3 is 5.97 Å². The van der Waals surface area contributed by atoms with Gasteiger partial charge in [-0.25, -0.2) is 0 Å². The van der Waals surface area contributed by atoms with Crippen molar-refractivity contribution in [2.24, 2.45) is 74.0 Å². The predicted molar refractivity (Wildman–Crippen MR) is 294 cm³/mol. The zero-order valence-electron chi connectivity index (χ0n) is 46.3. The van der Waals surface area contributed by atoms with E-state index in [4.69, 9.17) is 34.4 Å². The number of nitrogens with two attached hydrogens (primary N) is 6. The van der Waals surface area contributed by atoms with E-state index in [9.17, 15) is 63.3 Å². The lowest BCUT2D eigenvalue weighted by molar-refractivity contribution is -0.143. The van der Waals surface area contributed by atoms with Gasteiger partial charge in [-0.05, 0) is 115 Å². The fourth-order valence-electron chi connectivity index (χ4n) is 9.29. The number of hydrogen-bond acceptors (Lipinski definition) is 15. The van der Waals surface area contributed by atoms with Gasteiger partial charge in [0, 0.05) is 56.7 Å². The molecule has 0 radical (unpaired) electrons. The number of nitrogens with one attached hydrogen (secondary N) is 4. The van der Waals surface area contributed by atoms with E-state index in [1.165, 1.54) is 43.0 Å². The predicted octanol–water partition coefficient (Wildman–Crippen LogP) is -1.13. The van der Waals surface area contributed by atoms with Crippen LogP contribution >= 0.6 is 0 Å². The molecule has 2 rings (SSSR count). The number of unbranched alkanes of at least 4 members (excludes halogenated alkanes) is 1. The minimum atomic E-state index is -1.69. The van der Waals surface area contributed by atoms with Gasteiger partial charge in [-0.1, -0.05) is 32.9 Å². The van der Waals surface area contributed by atoms with E-state index in [1.807, 2.05) is 13.8 Å². The summed E-state index contributed by atoms with van der Waals surface area (Å²) in [5.74, 6) is -12.3. The van der Waals surface area contributed by atoms with Crippen molar-refractivity contribution in [2.45, 2.75) is 167 Å². The molecule has 0 saturated carbocycles. The highest BCUT2D eigenvalue weighted by atomic mass is 16.4. The number of primary amides is 1. The molecule has 79 heavy (non-hydrogen) atoms. The zero-order chi connectivity index (χ0) is 59.5. The number of likely N-dealkylation sites (tertiary alicyclic amines) is 1. The number of ketones is 3. The second-order valence-electron chi connectivity index (χ2n) is 21.0. The minimum Gasteiger partial charge on any atom is -0.508 e. The van der Waals surface area contributed by atoms with Gasteiger partial charge in [0.15, 0.2) is 29.3 Å². The van der Waals surface area contributed by atoms with Crippen LogP contribution < -0.4 is 55.7 Å². The van der Waals surface area contributed by atoms with Crippen LogP contribution in [0.4, 0.5) is 0 Å². The number of amides is 6. The van der Waals surface area contributed by atoms with Gasteiger partial charge in [0.2, 0.25) is 35.4 Å². The fourth-order valence-corrected chi connectivity index (χ4v) is 9.29. The number of carbonyl (C=O) groups is 10. The van der Waals surface area contributed by atoms with E-state index in [0.717, 1.165) is 0 Å². The number of rotatable bonds is 38. The third-order valence-electron chi connectivity index (χ3n) is 13.6.